The molecule has 0 aliphatic heterocycles. The molecule has 0 bridgehead atoms. The fourth-order valence-corrected chi connectivity index (χ4v) is 2.36. The highest BCUT2D eigenvalue weighted by Crippen LogP contribution is 2.23. The lowest BCUT2D eigenvalue weighted by Crippen LogP contribution is -2.13. The van der Waals surface area contributed by atoms with E-state index in [1.807, 2.05) is 0 Å². The Kier molecular flexibility index (Phi) is 5.79. The molecular weight excluding hydrogens is 206 g/mol. The Hall–Kier alpha value is -0.480. The van der Waals surface area contributed by atoms with Crippen LogP contribution < -0.4 is 5.32 Å². The molecule has 1 N–H and O–H groups in total. The lowest BCUT2D eigenvalue weighted by atomic mass is 10.1. The van der Waals surface area contributed by atoms with Crippen molar-refractivity contribution < 1.29 is 0 Å². The molecule has 1 aromatic rings. The lowest BCUT2D eigenvalue weighted by molar-refractivity contribution is 0.648. The van der Waals surface area contributed by atoms with Gasteiger partial charge in [-0.05, 0) is 19.4 Å². The average molecular weight is 227 g/mol. The second-order valence-corrected chi connectivity index (χ2v) is 4.99. The van der Waals surface area contributed by atoms with Gasteiger partial charge in [-0.1, -0.05) is 38.5 Å². The summed E-state index contributed by atoms with van der Waals surface area (Å²) in [7, 11) is 0. The van der Waals surface area contributed by atoms with E-state index in [0.29, 0.717) is 5.92 Å². The van der Waals surface area contributed by atoms with Crippen LogP contribution in [-0.2, 0) is 6.54 Å². The molecule has 4 heteroatoms. The molecule has 0 aromatic carbocycles. The molecule has 15 heavy (non-hydrogen) atoms. The first-order valence-corrected chi connectivity index (χ1v) is 6.62. The van der Waals surface area contributed by atoms with E-state index in [9.17, 15) is 0 Å². The molecule has 86 valence electrons. The van der Waals surface area contributed by atoms with Crippen LogP contribution in [0.2, 0.25) is 0 Å². The minimum absolute atomic E-state index is 0.562. The van der Waals surface area contributed by atoms with Crippen molar-refractivity contribution in [2.45, 2.75) is 52.5 Å². The quantitative estimate of drug-likeness (QED) is 0.728. The maximum absolute atomic E-state index is 4.24. The first-order valence-electron chi connectivity index (χ1n) is 5.80. The highest BCUT2D eigenvalue weighted by Gasteiger charge is 2.10. The Labute approximate surface area is 96.3 Å². The van der Waals surface area contributed by atoms with E-state index in [-0.39, 0.29) is 0 Å². The molecule has 0 aliphatic rings. The van der Waals surface area contributed by atoms with Crippen molar-refractivity contribution in [2.24, 2.45) is 0 Å². The average Bonchev–Trinajstić information content (AvgIpc) is 2.67. The van der Waals surface area contributed by atoms with Gasteiger partial charge in [-0.15, -0.1) is 10.2 Å². The van der Waals surface area contributed by atoms with E-state index in [1.165, 1.54) is 17.8 Å². The maximum Gasteiger partial charge on any atom is 0.131 e. The van der Waals surface area contributed by atoms with Gasteiger partial charge in [0.05, 0.1) is 0 Å². The Morgan fingerprint density at radius 1 is 1.27 bits per heavy atom. The molecule has 1 heterocycles. The van der Waals surface area contributed by atoms with Crippen LogP contribution in [0.5, 0.6) is 0 Å². The summed E-state index contributed by atoms with van der Waals surface area (Å²) in [6.45, 7) is 8.53. The van der Waals surface area contributed by atoms with Gasteiger partial charge >= 0.3 is 0 Å². The number of nitrogens with zero attached hydrogens (tertiary/aromatic N) is 2. The van der Waals surface area contributed by atoms with Gasteiger partial charge in [0, 0.05) is 12.5 Å². The van der Waals surface area contributed by atoms with Gasteiger partial charge < -0.3 is 5.32 Å². The molecule has 1 rings (SSSR count). The fraction of sp³-hybridized carbons (Fsp3) is 0.818. The largest absolute Gasteiger partial charge is 0.310 e. The van der Waals surface area contributed by atoms with Crippen LogP contribution in [0.25, 0.3) is 0 Å². The summed E-state index contributed by atoms with van der Waals surface area (Å²) in [5.41, 5.74) is 0. The lowest BCUT2D eigenvalue weighted by Gasteiger charge is -2.03. The summed E-state index contributed by atoms with van der Waals surface area (Å²) in [5, 5.41) is 14.1. The van der Waals surface area contributed by atoms with Crippen LogP contribution in [0.4, 0.5) is 0 Å². The van der Waals surface area contributed by atoms with Crippen LogP contribution in [0.15, 0.2) is 0 Å². The van der Waals surface area contributed by atoms with Crippen molar-refractivity contribution >= 4 is 11.3 Å². The molecule has 0 radical (unpaired) electrons. The molecule has 1 atom stereocenters. The topological polar surface area (TPSA) is 37.8 Å². The molecule has 0 spiro atoms. The standard InChI is InChI=1S/C11H21N3S/c1-4-6-9(3)11-14-13-10(15-11)8-12-7-5-2/h9,12H,4-8H2,1-3H3. The second-order valence-electron chi connectivity index (χ2n) is 3.90. The van der Waals surface area contributed by atoms with Crippen molar-refractivity contribution in [2.75, 3.05) is 6.54 Å². The molecule has 0 aliphatic carbocycles. The van der Waals surface area contributed by atoms with Crippen LogP contribution in [0, 0.1) is 0 Å². The number of nitrogens with one attached hydrogen (secondary N) is 1. The van der Waals surface area contributed by atoms with Crippen molar-refractivity contribution in [1.29, 1.82) is 0 Å². The zero-order valence-corrected chi connectivity index (χ0v) is 10.7. The normalized spacial score (nSPS) is 13.0. The third-order valence-electron chi connectivity index (χ3n) is 2.33. The van der Waals surface area contributed by atoms with Crippen molar-refractivity contribution in [1.82, 2.24) is 15.5 Å². The third-order valence-corrected chi connectivity index (χ3v) is 3.48. The Morgan fingerprint density at radius 3 is 2.73 bits per heavy atom. The number of hydrogen-bond donors (Lipinski definition) is 1. The van der Waals surface area contributed by atoms with E-state index in [2.05, 4.69) is 36.3 Å². The smallest absolute Gasteiger partial charge is 0.131 e. The maximum atomic E-state index is 4.24. The van der Waals surface area contributed by atoms with E-state index in [1.54, 1.807) is 11.3 Å². The molecular formula is C11H21N3S. The van der Waals surface area contributed by atoms with Crippen LogP contribution in [-0.4, -0.2) is 16.7 Å². The van der Waals surface area contributed by atoms with Gasteiger partial charge in [-0.25, -0.2) is 0 Å². The molecule has 0 saturated carbocycles. The summed E-state index contributed by atoms with van der Waals surface area (Å²) < 4.78 is 0. The minimum Gasteiger partial charge on any atom is -0.310 e. The fourth-order valence-electron chi connectivity index (χ4n) is 1.47. The molecule has 0 saturated heterocycles. The van der Waals surface area contributed by atoms with Gasteiger partial charge in [-0.3, -0.25) is 0 Å². The summed E-state index contributed by atoms with van der Waals surface area (Å²) in [6, 6.07) is 0. The van der Waals surface area contributed by atoms with Gasteiger partial charge in [0.1, 0.15) is 10.0 Å². The Balaban J connectivity index is 2.41. The van der Waals surface area contributed by atoms with Crippen molar-refractivity contribution in [3.63, 3.8) is 0 Å². The van der Waals surface area contributed by atoms with Crippen LogP contribution in [0.1, 0.15) is 56.0 Å². The van der Waals surface area contributed by atoms with Crippen molar-refractivity contribution in [3.8, 4) is 0 Å². The summed E-state index contributed by atoms with van der Waals surface area (Å²) >= 11 is 1.75. The molecule has 1 unspecified atom stereocenters. The first-order chi connectivity index (χ1) is 7.27. The van der Waals surface area contributed by atoms with Crippen molar-refractivity contribution in [3.05, 3.63) is 10.0 Å². The van der Waals surface area contributed by atoms with Gasteiger partial charge in [0.2, 0.25) is 0 Å². The Morgan fingerprint density at radius 2 is 2.07 bits per heavy atom. The van der Waals surface area contributed by atoms with Gasteiger partial charge in [0.25, 0.3) is 0 Å². The Bertz CT molecular complexity index is 273. The molecule has 0 amide bonds. The summed E-state index contributed by atoms with van der Waals surface area (Å²) in [5.74, 6) is 0.562. The molecule has 3 nitrogen and oxygen atoms in total. The second kappa shape index (κ2) is 6.90. The van der Waals surface area contributed by atoms with E-state index >= 15 is 0 Å². The van der Waals surface area contributed by atoms with Crippen LogP contribution >= 0.6 is 11.3 Å². The SMILES string of the molecule is CCCNCc1nnc(C(C)CCC)s1. The zero-order valence-electron chi connectivity index (χ0n) is 9.92. The third kappa shape index (κ3) is 4.26. The number of rotatable bonds is 7. The first kappa shape index (κ1) is 12.6. The van der Waals surface area contributed by atoms with E-state index in [0.717, 1.165) is 24.5 Å². The highest BCUT2D eigenvalue weighted by molar-refractivity contribution is 7.11. The van der Waals surface area contributed by atoms with E-state index in [4.69, 9.17) is 0 Å². The summed E-state index contributed by atoms with van der Waals surface area (Å²) in [6.07, 6.45) is 3.58. The van der Waals surface area contributed by atoms with Gasteiger partial charge in [-0.2, -0.15) is 0 Å². The molecule has 1 aromatic heterocycles. The zero-order chi connectivity index (χ0) is 11.1. The van der Waals surface area contributed by atoms with E-state index < -0.39 is 0 Å². The summed E-state index contributed by atoms with van der Waals surface area (Å²) in [4.78, 5) is 0. The van der Waals surface area contributed by atoms with Crippen LogP contribution in [0.3, 0.4) is 0 Å². The predicted molar refractivity (Wildman–Crippen MR) is 65.2 cm³/mol. The van der Waals surface area contributed by atoms with Gasteiger partial charge in [0.15, 0.2) is 0 Å². The number of hydrogen-bond acceptors (Lipinski definition) is 4. The molecule has 0 fully saturated rings. The predicted octanol–water partition coefficient (Wildman–Crippen LogP) is 2.94. The minimum atomic E-state index is 0.562. The monoisotopic (exact) mass is 227 g/mol. The number of aromatic nitrogens is 2. The highest BCUT2D eigenvalue weighted by atomic mass is 32.1.